The van der Waals surface area contributed by atoms with E-state index in [2.05, 4.69) is 9.88 Å². The lowest BCUT2D eigenvalue weighted by Gasteiger charge is -2.34. The molecule has 116 valence electrons. The topological polar surface area (TPSA) is 85.3 Å². The number of benzene rings is 1. The van der Waals surface area contributed by atoms with Crippen molar-refractivity contribution in [3.8, 4) is 0 Å². The first-order valence-electron chi connectivity index (χ1n) is 7.68. The Labute approximate surface area is 129 Å². The lowest BCUT2D eigenvalue weighted by molar-refractivity contribution is -0.383. The largest absolute Gasteiger partial charge is 0.369 e. The first kappa shape index (κ1) is 14.7. The van der Waals surface area contributed by atoms with E-state index in [1.165, 1.54) is 6.42 Å². The van der Waals surface area contributed by atoms with Gasteiger partial charge in [-0.05, 0) is 49.9 Å². The molecule has 6 nitrogen and oxygen atoms in total. The Morgan fingerprint density at radius 1 is 1.41 bits per heavy atom. The van der Waals surface area contributed by atoms with Crippen LogP contribution >= 0.6 is 0 Å². The molecule has 1 unspecified atom stereocenters. The predicted octanol–water partition coefficient (Wildman–Crippen LogP) is 2.71. The molecule has 1 aliphatic heterocycles. The third-order valence-electron chi connectivity index (χ3n) is 4.36. The highest BCUT2D eigenvalue weighted by Gasteiger charge is 2.23. The molecule has 1 aromatic heterocycles. The maximum absolute atomic E-state index is 11.2. The summed E-state index contributed by atoms with van der Waals surface area (Å²) < 4.78 is 0. The Hall–Kier alpha value is -2.21. The van der Waals surface area contributed by atoms with Crippen molar-refractivity contribution in [1.29, 1.82) is 0 Å². The van der Waals surface area contributed by atoms with E-state index in [0.717, 1.165) is 31.6 Å². The van der Waals surface area contributed by atoms with Crippen LogP contribution < -0.4 is 10.6 Å². The highest BCUT2D eigenvalue weighted by molar-refractivity contribution is 5.97. The van der Waals surface area contributed by atoms with Gasteiger partial charge < -0.3 is 10.6 Å². The van der Waals surface area contributed by atoms with Crippen LogP contribution in [-0.4, -0.2) is 29.5 Å². The number of pyridine rings is 1. The van der Waals surface area contributed by atoms with E-state index >= 15 is 0 Å². The van der Waals surface area contributed by atoms with Crippen molar-refractivity contribution >= 4 is 22.3 Å². The summed E-state index contributed by atoms with van der Waals surface area (Å²) in [4.78, 5) is 17.5. The van der Waals surface area contributed by atoms with Gasteiger partial charge in [0.15, 0.2) is 0 Å². The van der Waals surface area contributed by atoms with Crippen LogP contribution in [0.5, 0.6) is 0 Å². The summed E-state index contributed by atoms with van der Waals surface area (Å²) in [5, 5.41) is 11.8. The summed E-state index contributed by atoms with van der Waals surface area (Å²) in [5.74, 6) is 0.590. The van der Waals surface area contributed by atoms with E-state index in [4.69, 9.17) is 5.73 Å². The van der Waals surface area contributed by atoms with Gasteiger partial charge in [-0.25, -0.2) is 0 Å². The summed E-state index contributed by atoms with van der Waals surface area (Å²) in [6, 6.07) is 6.93. The average Bonchev–Trinajstić information content (AvgIpc) is 2.54. The highest BCUT2D eigenvalue weighted by Crippen LogP contribution is 2.34. The average molecular weight is 300 g/mol. The molecule has 2 heterocycles. The standard InChI is InChI=1S/C16H20N4O2/c17-8-7-12-3-2-10-19(11-12)15-6-5-14(20(21)22)13-4-1-9-18-16(13)15/h1,4-6,9,12H,2-3,7-8,10-11,17H2. The Balaban J connectivity index is 2.01. The number of nitro groups is 1. The molecular weight excluding hydrogens is 280 g/mol. The third kappa shape index (κ3) is 2.74. The van der Waals surface area contributed by atoms with Crippen LogP contribution in [-0.2, 0) is 0 Å². The maximum atomic E-state index is 11.2. The molecule has 6 heteroatoms. The molecule has 0 saturated carbocycles. The second kappa shape index (κ2) is 6.27. The van der Waals surface area contributed by atoms with E-state index in [-0.39, 0.29) is 10.6 Å². The van der Waals surface area contributed by atoms with Crippen LogP contribution in [0.15, 0.2) is 30.5 Å². The number of piperidine rings is 1. The normalized spacial score (nSPS) is 18.6. The third-order valence-corrected chi connectivity index (χ3v) is 4.36. The fraction of sp³-hybridized carbons (Fsp3) is 0.438. The van der Waals surface area contributed by atoms with Crippen molar-refractivity contribution in [3.63, 3.8) is 0 Å². The molecule has 1 saturated heterocycles. The van der Waals surface area contributed by atoms with Gasteiger partial charge >= 0.3 is 0 Å². The Morgan fingerprint density at radius 2 is 2.27 bits per heavy atom. The van der Waals surface area contributed by atoms with Gasteiger partial charge in [0.25, 0.3) is 5.69 Å². The first-order valence-corrected chi connectivity index (χ1v) is 7.68. The zero-order chi connectivity index (χ0) is 15.5. The van der Waals surface area contributed by atoms with Crippen molar-refractivity contribution in [2.24, 2.45) is 11.7 Å². The number of rotatable bonds is 4. The summed E-state index contributed by atoms with van der Waals surface area (Å²) >= 11 is 0. The van der Waals surface area contributed by atoms with E-state index in [1.807, 2.05) is 6.07 Å². The van der Waals surface area contributed by atoms with Crippen molar-refractivity contribution in [1.82, 2.24) is 4.98 Å². The molecule has 0 spiro atoms. The van der Waals surface area contributed by atoms with Crippen LogP contribution in [0.25, 0.3) is 10.9 Å². The molecule has 0 radical (unpaired) electrons. The molecule has 0 amide bonds. The zero-order valence-corrected chi connectivity index (χ0v) is 12.4. The lowest BCUT2D eigenvalue weighted by Crippen LogP contribution is -2.36. The number of nitrogens with zero attached hydrogens (tertiary/aromatic N) is 3. The van der Waals surface area contributed by atoms with E-state index in [9.17, 15) is 10.1 Å². The van der Waals surface area contributed by atoms with E-state index in [0.29, 0.717) is 23.4 Å². The molecule has 3 rings (SSSR count). The number of hydrogen-bond acceptors (Lipinski definition) is 5. The number of non-ortho nitro benzene ring substituents is 1. The van der Waals surface area contributed by atoms with Crippen LogP contribution in [0.3, 0.4) is 0 Å². The molecule has 0 aliphatic carbocycles. The smallest absolute Gasteiger partial charge is 0.278 e. The van der Waals surface area contributed by atoms with Gasteiger partial charge in [-0.1, -0.05) is 0 Å². The van der Waals surface area contributed by atoms with E-state index < -0.39 is 0 Å². The van der Waals surface area contributed by atoms with Gasteiger partial charge in [-0.2, -0.15) is 0 Å². The van der Waals surface area contributed by atoms with Crippen LogP contribution in [0.4, 0.5) is 11.4 Å². The number of nitrogens with two attached hydrogens (primary N) is 1. The van der Waals surface area contributed by atoms with Gasteiger partial charge in [0.05, 0.1) is 16.0 Å². The van der Waals surface area contributed by atoms with Gasteiger partial charge in [-0.15, -0.1) is 0 Å². The lowest BCUT2D eigenvalue weighted by atomic mass is 9.94. The zero-order valence-electron chi connectivity index (χ0n) is 12.4. The van der Waals surface area contributed by atoms with Crippen LogP contribution in [0.2, 0.25) is 0 Å². The van der Waals surface area contributed by atoms with E-state index in [1.54, 1.807) is 24.4 Å². The molecular formula is C16H20N4O2. The minimum atomic E-state index is -0.346. The summed E-state index contributed by atoms with van der Waals surface area (Å²) in [5.41, 5.74) is 7.50. The Morgan fingerprint density at radius 3 is 3.05 bits per heavy atom. The summed E-state index contributed by atoms with van der Waals surface area (Å²) in [6.45, 7) is 2.61. The quantitative estimate of drug-likeness (QED) is 0.693. The monoisotopic (exact) mass is 300 g/mol. The predicted molar refractivity (Wildman–Crippen MR) is 87.0 cm³/mol. The molecule has 1 fully saturated rings. The Bertz CT molecular complexity index is 687. The SMILES string of the molecule is NCCC1CCCN(c2ccc([N+](=O)[O-])c3cccnc23)C1. The summed E-state index contributed by atoms with van der Waals surface area (Å²) in [7, 11) is 0. The number of nitro benzene ring substituents is 1. The molecule has 0 bridgehead atoms. The molecule has 2 N–H and O–H groups in total. The molecule has 1 atom stereocenters. The van der Waals surface area contributed by atoms with Crippen molar-refractivity contribution in [3.05, 3.63) is 40.6 Å². The minimum Gasteiger partial charge on any atom is -0.369 e. The molecule has 1 aliphatic rings. The molecule has 22 heavy (non-hydrogen) atoms. The van der Waals surface area contributed by atoms with Crippen LogP contribution in [0.1, 0.15) is 19.3 Å². The fourth-order valence-corrected chi connectivity index (χ4v) is 3.31. The second-order valence-electron chi connectivity index (χ2n) is 5.79. The highest BCUT2D eigenvalue weighted by atomic mass is 16.6. The molecule has 1 aromatic carbocycles. The number of aromatic nitrogens is 1. The van der Waals surface area contributed by atoms with Gasteiger partial charge in [0.1, 0.15) is 5.52 Å². The Kier molecular flexibility index (Phi) is 4.20. The van der Waals surface area contributed by atoms with Crippen molar-refractivity contribution in [2.45, 2.75) is 19.3 Å². The number of hydrogen-bond donors (Lipinski definition) is 1. The summed E-state index contributed by atoms with van der Waals surface area (Å²) in [6.07, 6.45) is 5.04. The minimum absolute atomic E-state index is 0.113. The van der Waals surface area contributed by atoms with Crippen LogP contribution in [0, 0.1) is 16.0 Å². The number of anilines is 1. The van der Waals surface area contributed by atoms with Gasteiger partial charge in [-0.3, -0.25) is 15.1 Å². The molecule has 2 aromatic rings. The van der Waals surface area contributed by atoms with Gasteiger partial charge in [0, 0.05) is 25.4 Å². The maximum Gasteiger partial charge on any atom is 0.278 e. The van der Waals surface area contributed by atoms with Gasteiger partial charge in [0.2, 0.25) is 0 Å². The van der Waals surface area contributed by atoms with Crippen molar-refractivity contribution in [2.75, 3.05) is 24.5 Å². The van der Waals surface area contributed by atoms with Crippen molar-refractivity contribution < 1.29 is 4.92 Å². The fourth-order valence-electron chi connectivity index (χ4n) is 3.31. The number of fused-ring (bicyclic) bond motifs is 1. The first-order chi connectivity index (χ1) is 10.7. The second-order valence-corrected chi connectivity index (χ2v) is 5.79.